The molecular weight excluding hydrogens is 258 g/mol. The highest BCUT2D eigenvalue weighted by Gasteiger charge is 2.29. The molecule has 0 saturated heterocycles. The normalized spacial score (nSPS) is 21.0. The first-order valence-corrected chi connectivity index (χ1v) is 8.44. The van der Waals surface area contributed by atoms with Crippen molar-refractivity contribution in [3.05, 3.63) is 29.3 Å². The molecule has 0 bridgehead atoms. The number of fused-ring (bicyclic) bond motifs is 1. The average molecular weight is 289 g/mol. The summed E-state index contributed by atoms with van der Waals surface area (Å²) in [6.45, 7) is 12.3. The molecule has 0 fully saturated rings. The molecule has 1 aliphatic rings. The van der Waals surface area contributed by atoms with Crippen LogP contribution in [0.1, 0.15) is 71.0 Å². The Balaban J connectivity index is 2.30. The van der Waals surface area contributed by atoms with Gasteiger partial charge in [-0.3, -0.25) is 0 Å². The first-order valence-electron chi connectivity index (χ1n) is 8.44. The summed E-state index contributed by atoms with van der Waals surface area (Å²) < 4.78 is 5.90. The lowest BCUT2D eigenvalue weighted by Crippen LogP contribution is -2.26. The SMILES string of the molecule is CCCNC1CC(C)(C)CCc2ccc(OC(C)C)cc21. The maximum absolute atomic E-state index is 5.90. The van der Waals surface area contributed by atoms with E-state index in [0.29, 0.717) is 11.5 Å². The van der Waals surface area contributed by atoms with Crippen molar-refractivity contribution in [1.82, 2.24) is 5.32 Å². The van der Waals surface area contributed by atoms with Crippen molar-refractivity contribution in [1.29, 1.82) is 0 Å². The van der Waals surface area contributed by atoms with Crippen molar-refractivity contribution in [2.24, 2.45) is 5.41 Å². The highest BCUT2D eigenvalue weighted by Crippen LogP contribution is 2.40. The van der Waals surface area contributed by atoms with Crippen LogP contribution in [0.3, 0.4) is 0 Å². The van der Waals surface area contributed by atoms with Crippen molar-refractivity contribution in [3.8, 4) is 5.75 Å². The van der Waals surface area contributed by atoms with Gasteiger partial charge in [0.15, 0.2) is 0 Å². The van der Waals surface area contributed by atoms with E-state index in [-0.39, 0.29) is 6.10 Å². The fraction of sp³-hybridized carbons (Fsp3) is 0.684. The topological polar surface area (TPSA) is 21.3 Å². The average Bonchev–Trinajstić information content (AvgIpc) is 2.53. The molecule has 0 aliphatic heterocycles. The molecule has 0 heterocycles. The summed E-state index contributed by atoms with van der Waals surface area (Å²) in [4.78, 5) is 0. The van der Waals surface area contributed by atoms with Crippen molar-refractivity contribution in [2.75, 3.05) is 6.54 Å². The van der Waals surface area contributed by atoms with Crippen molar-refractivity contribution >= 4 is 0 Å². The quantitative estimate of drug-likeness (QED) is 0.780. The molecule has 0 aromatic heterocycles. The van der Waals surface area contributed by atoms with E-state index in [2.05, 4.69) is 58.1 Å². The van der Waals surface area contributed by atoms with Crippen molar-refractivity contribution in [2.45, 2.75) is 72.4 Å². The molecule has 2 heteroatoms. The molecule has 1 unspecified atom stereocenters. The summed E-state index contributed by atoms with van der Waals surface area (Å²) in [7, 11) is 0. The van der Waals surface area contributed by atoms with Gasteiger partial charge in [0.25, 0.3) is 0 Å². The van der Waals surface area contributed by atoms with Crippen LogP contribution in [0.5, 0.6) is 5.75 Å². The van der Waals surface area contributed by atoms with E-state index in [1.807, 2.05) is 0 Å². The second-order valence-electron chi connectivity index (χ2n) is 7.40. The highest BCUT2D eigenvalue weighted by atomic mass is 16.5. The first-order chi connectivity index (χ1) is 9.91. The Morgan fingerprint density at radius 1 is 1.33 bits per heavy atom. The maximum atomic E-state index is 5.90. The molecular formula is C19H31NO. The molecule has 1 aromatic carbocycles. The van der Waals surface area contributed by atoms with Crippen molar-refractivity contribution in [3.63, 3.8) is 0 Å². The minimum Gasteiger partial charge on any atom is -0.491 e. The Kier molecular flexibility index (Phi) is 5.32. The largest absolute Gasteiger partial charge is 0.491 e. The molecule has 0 spiro atoms. The third kappa shape index (κ3) is 4.47. The van der Waals surface area contributed by atoms with Gasteiger partial charge in [0, 0.05) is 6.04 Å². The zero-order valence-electron chi connectivity index (χ0n) is 14.3. The van der Waals surface area contributed by atoms with Crippen LogP contribution >= 0.6 is 0 Å². The summed E-state index contributed by atoms with van der Waals surface area (Å²) >= 11 is 0. The zero-order valence-corrected chi connectivity index (χ0v) is 14.3. The van der Waals surface area contributed by atoms with Crippen LogP contribution in [0, 0.1) is 5.41 Å². The van der Waals surface area contributed by atoms with Crippen LogP contribution in [0.4, 0.5) is 0 Å². The number of rotatable bonds is 5. The van der Waals surface area contributed by atoms with E-state index >= 15 is 0 Å². The molecule has 2 nitrogen and oxygen atoms in total. The lowest BCUT2D eigenvalue weighted by atomic mass is 9.83. The van der Waals surface area contributed by atoms with Gasteiger partial charge >= 0.3 is 0 Å². The monoisotopic (exact) mass is 289 g/mol. The van der Waals surface area contributed by atoms with Gasteiger partial charge in [-0.15, -0.1) is 0 Å². The summed E-state index contributed by atoms with van der Waals surface area (Å²) in [6.07, 6.45) is 5.04. The molecule has 0 radical (unpaired) electrons. The van der Waals surface area contributed by atoms with Crippen LogP contribution < -0.4 is 10.1 Å². The van der Waals surface area contributed by atoms with Crippen LogP contribution in [0.25, 0.3) is 0 Å². The Hall–Kier alpha value is -1.02. The molecule has 118 valence electrons. The van der Waals surface area contributed by atoms with E-state index in [0.717, 1.165) is 12.3 Å². The van der Waals surface area contributed by atoms with Gasteiger partial charge in [-0.25, -0.2) is 0 Å². The molecule has 1 N–H and O–H groups in total. The molecule has 1 aromatic rings. The number of benzene rings is 1. The summed E-state index contributed by atoms with van der Waals surface area (Å²) in [5.74, 6) is 1.01. The van der Waals surface area contributed by atoms with E-state index in [1.54, 1.807) is 0 Å². The Morgan fingerprint density at radius 2 is 2.10 bits per heavy atom. The van der Waals surface area contributed by atoms with Crippen LogP contribution in [-0.2, 0) is 6.42 Å². The van der Waals surface area contributed by atoms with E-state index in [4.69, 9.17) is 4.74 Å². The lowest BCUT2D eigenvalue weighted by Gasteiger charge is -2.28. The minimum absolute atomic E-state index is 0.229. The second-order valence-corrected chi connectivity index (χ2v) is 7.40. The number of aryl methyl sites for hydroxylation is 1. The highest BCUT2D eigenvalue weighted by molar-refractivity contribution is 5.39. The lowest BCUT2D eigenvalue weighted by molar-refractivity contribution is 0.241. The van der Waals surface area contributed by atoms with Crippen molar-refractivity contribution < 1.29 is 4.74 Å². The summed E-state index contributed by atoms with van der Waals surface area (Å²) in [5, 5.41) is 3.75. The maximum Gasteiger partial charge on any atom is 0.120 e. The number of ether oxygens (including phenoxy) is 1. The van der Waals surface area contributed by atoms with Crippen LogP contribution in [-0.4, -0.2) is 12.6 Å². The third-order valence-electron chi connectivity index (χ3n) is 4.33. The molecule has 21 heavy (non-hydrogen) atoms. The van der Waals surface area contributed by atoms with Gasteiger partial charge in [-0.05, 0) is 74.8 Å². The third-order valence-corrected chi connectivity index (χ3v) is 4.33. The minimum atomic E-state index is 0.229. The van der Waals surface area contributed by atoms with E-state index in [9.17, 15) is 0 Å². The van der Waals surface area contributed by atoms with Crippen LogP contribution in [0.15, 0.2) is 18.2 Å². The molecule has 1 aliphatic carbocycles. The molecule has 1 atom stereocenters. The number of hydrogen-bond acceptors (Lipinski definition) is 2. The molecule has 0 saturated carbocycles. The smallest absolute Gasteiger partial charge is 0.120 e. The zero-order chi connectivity index (χ0) is 15.5. The van der Waals surface area contributed by atoms with Gasteiger partial charge in [-0.2, -0.15) is 0 Å². The fourth-order valence-electron chi connectivity index (χ4n) is 3.21. The Morgan fingerprint density at radius 3 is 2.76 bits per heavy atom. The number of hydrogen-bond donors (Lipinski definition) is 1. The Labute approximate surface area is 130 Å². The van der Waals surface area contributed by atoms with Gasteiger partial charge in [0.1, 0.15) is 5.75 Å². The predicted molar refractivity (Wildman–Crippen MR) is 90.0 cm³/mol. The first kappa shape index (κ1) is 16.4. The van der Waals surface area contributed by atoms with Crippen LogP contribution in [0.2, 0.25) is 0 Å². The van der Waals surface area contributed by atoms with E-state index < -0.39 is 0 Å². The van der Waals surface area contributed by atoms with Gasteiger partial charge in [0.05, 0.1) is 6.10 Å². The van der Waals surface area contributed by atoms with Gasteiger partial charge in [0.2, 0.25) is 0 Å². The van der Waals surface area contributed by atoms with Gasteiger partial charge in [-0.1, -0.05) is 26.8 Å². The number of nitrogens with one attached hydrogen (secondary N) is 1. The summed E-state index contributed by atoms with van der Waals surface area (Å²) in [5.41, 5.74) is 3.33. The second kappa shape index (κ2) is 6.83. The molecule has 2 rings (SSSR count). The Bertz CT molecular complexity index is 465. The standard InChI is InChI=1S/C19H31NO/c1-6-11-20-18-13-19(4,5)10-9-15-7-8-16(12-17(15)18)21-14(2)3/h7-8,12,14,18,20H,6,9-11,13H2,1-5H3. The predicted octanol–water partition coefficient (Wildman–Crippen LogP) is 4.88. The van der Waals surface area contributed by atoms with E-state index in [1.165, 1.54) is 36.8 Å². The fourth-order valence-corrected chi connectivity index (χ4v) is 3.21. The molecule has 0 amide bonds. The van der Waals surface area contributed by atoms with Gasteiger partial charge < -0.3 is 10.1 Å². The summed E-state index contributed by atoms with van der Waals surface area (Å²) in [6, 6.07) is 7.13.